The summed E-state index contributed by atoms with van der Waals surface area (Å²) in [5.41, 5.74) is 1.05. The Hall–Kier alpha value is -3.19. The summed E-state index contributed by atoms with van der Waals surface area (Å²) in [7, 11) is 0. The lowest BCUT2D eigenvalue weighted by atomic mass is 9.93. The highest BCUT2D eigenvalue weighted by atomic mass is 16.5. The van der Waals surface area contributed by atoms with Crippen molar-refractivity contribution in [3.8, 4) is 5.75 Å². The van der Waals surface area contributed by atoms with Crippen molar-refractivity contribution >= 4 is 28.6 Å². The Bertz CT molecular complexity index is 1000. The van der Waals surface area contributed by atoms with Gasteiger partial charge in [0.05, 0.1) is 13.2 Å². The number of amides is 2. The van der Waals surface area contributed by atoms with Crippen LogP contribution in [0.3, 0.4) is 0 Å². The largest absolute Gasteiger partial charge is 0.493 e. The molecular weight excluding hydrogens is 396 g/mol. The van der Waals surface area contributed by atoms with Crippen LogP contribution in [0.1, 0.15) is 40.0 Å². The molecule has 0 unspecified atom stereocenters. The monoisotopic (exact) mass is 422 g/mol. The highest BCUT2D eigenvalue weighted by Gasteiger charge is 2.33. The summed E-state index contributed by atoms with van der Waals surface area (Å²) < 4.78 is 10.8. The van der Waals surface area contributed by atoms with Gasteiger partial charge in [0.25, 0.3) is 11.8 Å². The molecule has 7 nitrogen and oxygen atoms in total. The maximum atomic E-state index is 13.1. The van der Waals surface area contributed by atoms with E-state index in [1.165, 1.54) is 17.7 Å². The van der Waals surface area contributed by atoms with Crippen LogP contribution in [0.15, 0.2) is 43.0 Å². The van der Waals surface area contributed by atoms with Gasteiger partial charge in [0.15, 0.2) is 0 Å². The number of hydrogen-bond donors (Lipinski definition) is 0. The van der Waals surface area contributed by atoms with Crippen molar-refractivity contribution in [3.63, 3.8) is 0 Å². The molecule has 31 heavy (non-hydrogen) atoms. The summed E-state index contributed by atoms with van der Waals surface area (Å²) in [5.74, 6) is -0.374. The summed E-state index contributed by atoms with van der Waals surface area (Å²) in [6, 6.07) is 8.93. The van der Waals surface area contributed by atoms with Crippen LogP contribution < -0.4 is 4.74 Å². The Labute approximate surface area is 181 Å². The second-order valence-corrected chi connectivity index (χ2v) is 7.72. The van der Waals surface area contributed by atoms with E-state index in [-0.39, 0.29) is 18.4 Å². The molecule has 1 saturated heterocycles. The predicted molar refractivity (Wildman–Crippen MR) is 116 cm³/mol. The average Bonchev–Trinajstić information content (AvgIpc) is 3.31. The molecule has 162 valence electrons. The van der Waals surface area contributed by atoms with E-state index < -0.39 is 5.97 Å². The van der Waals surface area contributed by atoms with E-state index in [4.69, 9.17) is 9.47 Å². The number of esters is 1. The van der Waals surface area contributed by atoms with E-state index in [0.29, 0.717) is 48.4 Å². The normalized spacial score (nSPS) is 16.1. The van der Waals surface area contributed by atoms with Crippen LogP contribution in [0, 0.1) is 0 Å². The average molecular weight is 422 g/mol. The minimum absolute atomic E-state index is 0.231. The van der Waals surface area contributed by atoms with Gasteiger partial charge in [-0.05, 0) is 44.1 Å². The zero-order chi connectivity index (χ0) is 21.8. The zero-order valence-corrected chi connectivity index (χ0v) is 17.5. The van der Waals surface area contributed by atoms with Crippen LogP contribution >= 0.6 is 0 Å². The minimum Gasteiger partial charge on any atom is -0.493 e. The summed E-state index contributed by atoms with van der Waals surface area (Å²) in [6.45, 7) is 7.08. The molecule has 2 amide bonds. The van der Waals surface area contributed by atoms with Crippen molar-refractivity contribution in [1.82, 2.24) is 9.80 Å². The molecular formula is C24H26N2O5. The van der Waals surface area contributed by atoms with Gasteiger partial charge in [-0.25, -0.2) is 4.79 Å². The number of imide groups is 1. The lowest BCUT2D eigenvalue weighted by molar-refractivity contribution is -0.137. The van der Waals surface area contributed by atoms with E-state index in [9.17, 15) is 14.4 Å². The highest BCUT2D eigenvalue weighted by Crippen LogP contribution is 2.35. The van der Waals surface area contributed by atoms with Crippen LogP contribution in [0.4, 0.5) is 0 Å². The molecule has 0 saturated carbocycles. The second-order valence-electron chi connectivity index (χ2n) is 7.72. The molecule has 0 aromatic heterocycles. The predicted octanol–water partition coefficient (Wildman–Crippen LogP) is 3.03. The fraction of sp³-hybridized carbons (Fsp3) is 0.375. The van der Waals surface area contributed by atoms with Gasteiger partial charge in [-0.1, -0.05) is 18.7 Å². The van der Waals surface area contributed by atoms with Crippen LogP contribution in [-0.2, 0) is 9.53 Å². The van der Waals surface area contributed by atoms with Gasteiger partial charge in [0, 0.05) is 47.5 Å². The topological polar surface area (TPSA) is 76.2 Å². The smallest absolute Gasteiger partial charge is 0.330 e. The van der Waals surface area contributed by atoms with Crippen molar-refractivity contribution in [3.05, 3.63) is 54.1 Å². The van der Waals surface area contributed by atoms with Crippen molar-refractivity contribution in [2.24, 2.45) is 0 Å². The number of hydrogen-bond acceptors (Lipinski definition) is 6. The molecule has 0 bridgehead atoms. The second kappa shape index (κ2) is 9.31. The van der Waals surface area contributed by atoms with E-state index in [1.807, 2.05) is 12.1 Å². The number of likely N-dealkylation sites (tertiary alicyclic amines) is 1. The molecule has 0 aliphatic carbocycles. The highest BCUT2D eigenvalue weighted by molar-refractivity contribution is 6.26. The number of nitrogens with zero attached hydrogens (tertiary/aromatic N) is 2. The molecule has 7 heteroatoms. The first kappa shape index (κ1) is 21.1. The number of rotatable bonds is 9. The van der Waals surface area contributed by atoms with Crippen LogP contribution in [-0.4, -0.2) is 67.0 Å². The number of carbonyl (C=O) groups is 3. The van der Waals surface area contributed by atoms with Gasteiger partial charge in [-0.2, -0.15) is 0 Å². The Morgan fingerprint density at radius 2 is 1.74 bits per heavy atom. The van der Waals surface area contributed by atoms with E-state index in [0.717, 1.165) is 24.6 Å². The van der Waals surface area contributed by atoms with Gasteiger partial charge < -0.3 is 14.4 Å². The Morgan fingerprint density at radius 1 is 1.00 bits per heavy atom. The summed E-state index contributed by atoms with van der Waals surface area (Å²) >= 11 is 0. The molecule has 0 radical (unpaired) electrons. The third kappa shape index (κ3) is 4.32. The molecule has 2 aliphatic heterocycles. The van der Waals surface area contributed by atoms with Crippen molar-refractivity contribution in [1.29, 1.82) is 0 Å². The number of benzene rings is 2. The molecule has 2 aliphatic rings. The zero-order valence-electron chi connectivity index (χ0n) is 17.5. The van der Waals surface area contributed by atoms with E-state index in [2.05, 4.69) is 11.5 Å². The first-order chi connectivity index (χ1) is 15.1. The molecule has 1 fully saturated rings. The third-order valence-corrected chi connectivity index (χ3v) is 5.75. The fourth-order valence-corrected chi connectivity index (χ4v) is 4.17. The summed E-state index contributed by atoms with van der Waals surface area (Å²) in [5, 5.41) is 1.38. The lowest BCUT2D eigenvalue weighted by Crippen LogP contribution is -2.44. The Morgan fingerprint density at radius 3 is 2.48 bits per heavy atom. The molecule has 0 spiro atoms. The number of carbonyl (C=O) groups excluding carboxylic acids is 3. The van der Waals surface area contributed by atoms with E-state index in [1.54, 1.807) is 18.2 Å². The third-order valence-electron chi connectivity index (χ3n) is 5.75. The van der Waals surface area contributed by atoms with Crippen molar-refractivity contribution in [2.45, 2.75) is 19.3 Å². The van der Waals surface area contributed by atoms with Crippen molar-refractivity contribution < 1.29 is 23.9 Å². The first-order valence-corrected chi connectivity index (χ1v) is 10.7. The molecule has 0 atom stereocenters. The summed E-state index contributed by atoms with van der Waals surface area (Å²) in [6.07, 6.45) is 3.98. The molecule has 2 aromatic rings. The van der Waals surface area contributed by atoms with Gasteiger partial charge in [0.2, 0.25) is 0 Å². The summed E-state index contributed by atoms with van der Waals surface area (Å²) in [4.78, 5) is 41.0. The fourth-order valence-electron chi connectivity index (χ4n) is 4.17. The SMILES string of the molecule is C=CC(=O)OCCCOc1ccc2c3c(cccc13)C(=O)N(CCN1CCCC1)C2=O. The number of ether oxygens (including phenoxy) is 2. The molecule has 4 rings (SSSR count). The lowest BCUT2D eigenvalue weighted by Gasteiger charge is -2.29. The van der Waals surface area contributed by atoms with Crippen LogP contribution in [0.5, 0.6) is 5.75 Å². The maximum absolute atomic E-state index is 13.1. The van der Waals surface area contributed by atoms with Gasteiger partial charge in [-0.15, -0.1) is 0 Å². The van der Waals surface area contributed by atoms with E-state index >= 15 is 0 Å². The molecule has 0 N–H and O–H groups in total. The van der Waals surface area contributed by atoms with Gasteiger partial charge >= 0.3 is 5.97 Å². The van der Waals surface area contributed by atoms with Gasteiger partial charge in [0.1, 0.15) is 5.75 Å². The Balaban J connectivity index is 1.50. The van der Waals surface area contributed by atoms with Crippen LogP contribution in [0.25, 0.3) is 10.8 Å². The molecule has 2 heterocycles. The maximum Gasteiger partial charge on any atom is 0.330 e. The van der Waals surface area contributed by atoms with Crippen molar-refractivity contribution in [2.75, 3.05) is 39.4 Å². The van der Waals surface area contributed by atoms with Gasteiger partial charge in [-0.3, -0.25) is 14.5 Å². The Kier molecular flexibility index (Phi) is 6.32. The van der Waals surface area contributed by atoms with Crippen LogP contribution in [0.2, 0.25) is 0 Å². The molecule has 2 aromatic carbocycles. The quantitative estimate of drug-likeness (QED) is 0.268. The minimum atomic E-state index is -0.465. The first-order valence-electron chi connectivity index (χ1n) is 10.7. The standard InChI is InChI=1S/C24H26N2O5/c1-2-21(27)31-16-6-15-30-20-10-9-19-22-17(20)7-5-8-18(22)23(28)26(24(19)29)14-13-25-11-3-4-12-25/h2,5,7-10H,1,3-4,6,11-16H2.